The molecule has 6 heteroatoms. The van der Waals surface area contributed by atoms with Gasteiger partial charge in [-0.05, 0) is 93.2 Å². The fourth-order valence-electron chi connectivity index (χ4n) is 9.31. The van der Waals surface area contributed by atoms with Crippen LogP contribution in [0.3, 0.4) is 0 Å². The van der Waals surface area contributed by atoms with Gasteiger partial charge in [-0.25, -0.2) is 0 Å². The van der Waals surface area contributed by atoms with Crippen LogP contribution in [0.2, 0.25) is 0 Å². The van der Waals surface area contributed by atoms with Gasteiger partial charge in [0.1, 0.15) is 5.78 Å². The van der Waals surface area contributed by atoms with E-state index < -0.39 is 17.9 Å². The highest BCUT2D eigenvalue weighted by Gasteiger charge is 2.77. The molecule has 1 heterocycles. The molecule has 5 saturated carbocycles. The Kier molecular flexibility index (Phi) is 5.67. The lowest BCUT2D eigenvalue weighted by atomic mass is 9.38. The van der Waals surface area contributed by atoms with E-state index >= 15 is 0 Å². The number of amides is 2. The summed E-state index contributed by atoms with van der Waals surface area (Å²) in [6.45, 7) is 1.13. The van der Waals surface area contributed by atoms with Crippen molar-refractivity contribution in [2.24, 2.45) is 23.2 Å². The number of hydrogen-bond acceptors (Lipinski definition) is 5. The normalized spacial score (nSPS) is 35.9. The Labute approximate surface area is 224 Å². The number of fused-ring (bicyclic) bond motifs is 2. The number of unbranched alkanes of at least 4 members (excludes halogenated alkanes) is 4. The van der Waals surface area contributed by atoms with Gasteiger partial charge < -0.3 is 5.32 Å². The van der Waals surface area contributed by atoms with E-state index in [9.17, 15) is 19.2 Å². The predicted molar refractivity (Wildman–Crippen MR) is 141 cm³/mol. The van der Waals surface area contributed by atoms with Gasteiger partial charge in [-0.1, -0.05) is 30.7 Å². The van der Waals surface area contributed by atoms with Crippen LogP contribution < -0.4 is 5.32 Å². The number of imide groups is 1. The zero-order valence-corrected chi connectivity index (χ0v) is 22.0. The van der Waals surface area contributed by atoms with Crippen LogP contribution in [-0.2, 0) is 9.59 Å². The summed E-state index contributed by atoms with van der Waals surface area (Å²) in [5, 5.41) is 4.00. The number of nitrogens with zero attached hydrogens (tertiary/aromatic N) is 1. The largest absolute Gasteiger partial charge is 0.311 e. The lowest BCUT2D eigenvalue weighted by Crippen LogP contribution is -2.60. The molecule has 6 aliphatic rings. The fraction of sp³-hybridized carbons (Fsp3) is 0.625. The molecule has 7 rings (SSSR count). The van der Waals surface area contributed by atoms with Crippen molar-refractivity contribution in [1.82, 2.24) is 10.2 Å². The smallest absolute Gasteiger partial charge is 0.263 e. The van der Waals surface area contributed by atoms with Crippen molar-refractivity contribution >= 4 is 23.4 Å². The zero-order valence-electron chi connectivity index (χ0n) is 22.0. The van der Waals surface area contributed by atoms with Gasteiger partial charge in [-0.2, -0.15) is 0 Å². The van der Waals surface area contributed by atoms with Crippen molar-refractivity contribution in [3.8, 4) is 11.8 Å². The summed E-state index contributed by atoms with van der Waals surface area (Å²) < 4.78 is 0. The number of carbonyl (C=O) groups excluding carboxylic acids is 4. The summed E-state index contributed by atoms with van der Waals surface area (Å²) >= 11 is 0. The van der Waals surface area contributed by atoms with E-state index in [0.717, 1.165) is 53.9 Å². The van der Waals surface area contributed by atoms with Gasteiger partial charge >= 0.3 is 0 Å². The minimum atomic E-state index is -0.848. The molecule has 5 aliphatic carbocycles. The van der Waals surface area contributed by atoms with E-state index in [0.29, 0.717) is 22.2 Å². The minimum absolute atomic E-state index is 0.131. The minimum Gasteiger partial charge on any atom is -0.311 e. The summed E-state index contributed by atoms with van der Waals surface area (Å²) in [6.07, 6.45) is 12.9. The first-order valence-corrected chi connectivity index (χ1v) is 14.7. The average Bonchev–Trinajstić information content (AvgIpc) is 3.45. The Bertz CT molecular complexity index is 1290. The van der Waals surface area contributed by atoms with Crippen LogP contribution in [0.1, 0.15) is 110 Å². The Morgan fingerprint density at radius 2 is 1.74 bits per heavy atom. The molecular weight excluding hydrogens is 476 g/mol. The van der Waals surface area contributed by atoms with Gasteiger partial charge in [-0.3, -0.25) is 24.1 Å². The zero-order chi connectivity index (χ0) is 26.1. The van der Waals surface area contributed by atoms with Gasteiger partial charge in [0.05, 0.1) is 23.6 Å². The Morgan fingerprint density at radius 3 is 2.47 bits per heavy atom. The van der Waals surface area contributed by atoms with Crippen molar-refractivity contribution in [2.45, 2.75) is 95.1 Å². The second kappa shape index (κ2) is 8.88. The van der Waals surface area contributed by atoms with Crippen molar-refractivity contribution in [3.05, 3.63) is 34.9 Å². The Balaban J connectivity index is 0.881. The van der Waals surface area contributed by atoms with Crippen LogP contribution in [0.15, 0.2) is 18.2 Å². The topological polar surface area (TPSA) is 83.6 Å². The van der Waals surface area contributed by atoms with E-state index in [4.69, 9.17) is 0 Å². The van der Waals surface area contributed by atoms with Crippen molar-refractivity contribution in [1.29, 1.82) is 0 Å². The van der Waals surface area contributed by atoms with Crippen LogP contribution in [-0.4, -0.2) is 46.4 Å². The predicted octanol–water partition coefficient (Wildman–Crippen LogP) is 4.44. The van der Waals surface area contributed by atoms with Crippen LogP contribution in [0, 0.1) is 35.0 Å². The first kappa shape index (κ1) is 24.3. The van der Waals surface area contributed by atoms with E-state index in [2.05, 4.69) is 17.2 Å². The fourth-order valence-corrected chi connectivity index (χ4v) is 9.31. The number of rotatable bonds is 8. The quantitative estimate of drug-likeness (QED) is 0.241. The third-order valence-corrected chi connectivity index (χ3v) is 11.0. The van der Waals surface area contributed by atoms with Crippen LogP contribution in [0.4, 0.5) is 0 Å². The summed E-state index contributed by atoms with van der Waals surface area (Å²) in [4.78, 5) is 51.2. The van der Waals surface area contributed by atoms with Crippen molar-refractivity contribution in [2.75, 3.05) is 6.54 Å². The molecular formula is C32H36N2O4. The van der Waals surface area contributed by atoms with Crippen molar-refractivity contribution < 1.29 is 19.2 Å². The van der Waals surface area contributed by atoms with Crippen LogP contribution in [0.25, 0.3) is 0 Å². The third kappa shape index (κ3) is 3.50. The number of Topliss-reactive ketones (excluding diaryl/α,β-unsaturated/α-hetero) is 2. The molecule has 198 valence electrons. The average molecular weight is 513 g/mol. The molecule has 1 N–H and O–H groups in total. The SMILES string of the molecule is O=C1CCC(N2C(=O)c3cccc(C#CCCCCCCNC45CC6CC7CC(C4)C76C5)c3C2=O)C(=O)C1. The van der Waals surface area contributed by atoms with E-state index in [1.807, 2.05) is 0 Å². The van der Waals surface area contributed by atoms with Crippen LogP contribution in [0.5, 0.6) is 0 Å². The molecule has 6 nitrogen and oxygen atoms in total. The summed E-state index contributed by atoms with van der Waals surface area (Å²) in [5.41, 5.74) is 2.40. The highest BCUT2D eigenvalue weighted by atomic mass is 16.2. The number of benzene rings is 1. The molecule has 2 amide bonds. The molecule has 1 spiro atoms. The first-order chi connectivity index (χ1) is 18.4. The first-order valence-electron chi connectivity index (χ1n) is 14.7. The van der Waals surface area contributed by atoms with Gasteiger partial charge in [-0.15, -0.1) is 0 Å². The molecule has 38 heavy (non-hydrogen) atoms. The second-order valence-corrected chi connectivity index (χ2v) is 12.9. The highest BCUT2D eigenvalue weighted by molar-refractivity contribution is 6.24. The number of ketones is 2. The van der Waals surface area contributed by atoms with Gasteiger partial charge in [0.25, 0.3) is 11.8 Å². The van der Waals surface area contributed by atoms with E-state index in [1.165, 1.54) is 44.9 Å². The molecule has 2 bridgehead atoms. The molecule has 1 aromatic carbocycles. The number of carbonyl (C=O) groups is 4. The molecule has 0 radical (unpaired) electrons. The van der Waals surface area contributed by atoms with Gasteiger partial charge in [0.2, 0.25) is 0 Å². The molecule has 0 aromatic heterocycles. The standard InChI is InChI=1S/C32H36N2O4/c35-24-11-12-26(27(36)16-24)34-29(37)25-10-7-9-20(28(25)30(34)38)8-5-3-1-2-4-6-13-33-31-17-22-14-21-15-23(18-31)32(21,22)19-31/h7,9-10,21-23,26,33H,1-4,6,11-19H2. The lowest BCUT2D eigenvalue weighted by Gasteiger charge is -2.66. The third-order valence-electron chi connectivity index (χ3n) is 11.0. The maximum Gasteiger partial charge on any atom is 0.263 e. The Morgan fingerprint density at radius 1 is 0.947 bits per heavy atom. The Hall–Kier alpha value is -2.78. The van der Waals surface area contributed by atoms with Gasteiger partial charge in [0, 0.05) is 23.9 Å². The molecule has 0 saturated heterocycles. The summed E-state index contributed by atoms with van der Waals surface area (Å²) in [6, 6.07) is 4.28. The number of nitrogens with one attached hydrogen (secondary N) is 1. The molecule has 5 fully saturated rings. The maximum absolute atomic E-state index is 13.2. The number of hydrogen-bond donors (Lipinski definition) is 1. The molecule has 1 aromatic rings. The van der Waals surface area contributed by atoms with Gasteiger partial charge in [0.15, 0.2) is 5.78 Å². The van der Waals surface area contributed by atoms with E-state index in [1.54, 1.807) is 18.2 Å². The summed E-state index contributed by atoms with van der Waals surface area (Å²) in [5.74, 6) is 8.06. The second-order valence-electron chi connectivity index (χ2n) is 12.9. The highest BCUT2D eigenvalue weighted by Crippen LogP contribution is 2.82. The molecule has 3 unspecified atom stereocenters. The molecule has 1 aliphatic heterocycles. The van der Waals surface area contributed by atoms with E-state index in [-0.39, 0.29) is 30.8 Å². The van der Waals surface area contributed by atoms with Crippen molar-refractivity contribution in [3.63, 3.8) is 0 Å². The van der Waals surface area contributed by atoms with Crippen LogP contribution >= 0.6 is 0 Å². The maximum atomic E-state index is 13.2. The lowest BCUT2D eigenvalue weighted by molar-refractivity contribution is -0.175. The summed E-state index contributed by atoms with van der Waals surface area (Å²) in [7, 11) is 0. The molecule has 3 atom stereocenters. The monoisotopic (exact) mass is 512 g/mol.